The molecule has 6 nitrogen and oxygen atoms in total. The van der Waals surface area contributed by atoms with Gasteiger partial charge in [-0.3, -0.25) is 9.89 Å². The van der Waals surface area contributed by atoms with E-state index in [0.29, 0.717) is 16.4 Å². The molecule has 7 heteroatoms. The molecule has 94 valence electrons. The number of hydrogen-bond donors (Lipinski definition) is 1. The van der Waals surface area contributed by atoms with E-state index in [-0.39, 0.29) is 11.2 Å². The molecule has 2 heterocycles. The quantitative estimate of drug-likeness (QED) is 0.729. The molecule has 3 rings (SSSR count). The van der Waals surface area contributed by atoms with Crippen molar-refractivity contribution in [2.24, 2.45) is 10.2 Å². The van der Waals surface area contributed by atoms with Crippen molar-refractivity contribution in [1.29, 1.82) is 0 Å². The highest BCUT2D eigenvalue weighted by Gasteiger charge is 2.04. The lowest BCUT2D eigenvalue weighted by Crippen LogP contribution is -2.13. The van der Waals surface area contributed by atoms with E-state index < -0.39 is 0 Å². The van der Waals surface area contributed by atoms with Gasteiger partial charge in [-0.05, 0) is 24.3 Å². The maximum absolute atomic E-state index is 12.0. The van der Waals surface area contributed by atoms with Crippen LogP contribution in [-0.4, -0.2) is 14.6 Å². The number of aromatic nitrogens is 3. The molecule has 0 aliphatic rings. The minimum atomic E-state index is -0.298. The van der Waals surface area contributed by atoms with Gasteiger partial charge in [0.25, 0.3) is 5.56 Å². The van der Waals surface area contributed by atoms with E-state index in [1.54, 1.807) is 36.5 Å². The zero-order chi connectivity index (χ0) is 13.2. The van der Waals surface area contributed by atoms with E-state index in [2.05, 4.69) is 20.3 Å². The molecule has 2 aromatic heterocycles. The summed E-state index contributed by atoms with van der Waals surface area (Å²) in [6.45, 7) is 0. The van der Waals surface area contributed by atoms with Gasteiger partial charge in [0, 0.05) is 17.3 Å². The molecule has 3 aromatic rings. The van der Waals surface area contributed by atoms with Gasteiger partial charge in [-0.2, -0.15) is 9.63 Å². The molecule has 1 N–H and O–H groups in total. The Morgan fingerprint density at radius 1 is 1.16 bits per heavy atom. The molecule has 0 fully saturated rings. The van der Waals surface area contributed by atoms with Crippen LogP contribution in [0.2, 0.25) is 5.02 Å². The van der Waals surface area contributed by atoms with Crippen molar-refractivity contribution < 1.29 is 0 Å². The van der Waals surface area contributed by atoms with E-state index in [1.165, 1.54) is 10.7 Å². The van der Waals surface area contributed by atoms with Crippen LogP contribution in [-0.2, 0) is 0 Å². The van der Waals surface area contributed by atoms with Gasteiger partial charge in [0.1, 0.15) is 0 Å². The summed E-state index contributed by atoms with van der Waals surface area (Å²) in [5, 5.41) is 11.2. The summed E-state index contributed by atoms with van der Waals surface area (Å²) in [5.41, 5.74) is 1.01. The number of aromatic amines is 1. The summed E-state index contributed by atoms with van der Waals surface area (Å²) in [6, 6.07) is 8.53. The summed E-state index contributed by atoms with van der Waals surface area (Å²) in [7, 11) is 0. The van der Waals surface area contributed by atoms with Gasteiger partial charge in [-0.1, -0.05) is 11.6 Å². The van der Waals surface area contributed by atoms with E-state index >= 15 is 0 Å². The van der Waals surface area contributed by atoms with Gasteiger partial charge in [-0.25, -0.2) is 4.98 Å². The third-order valence-corrected chi connectivity index (χ3v) is 2.76. The Kier molecular flexibility index (Phi) is 2.85. The van der Waals surface area contributed by atoms with E-state index in [4.69, 9.17) is 11.6 Å². The van der Waals surface area contributed by atoms with Crippen molar-refractivity contribution >= 4 is 28.6 Å². The highest BCUT2D eigenvalue weighted by atomic mass is 35.5. The maximum Gasteiger partial charge on any atom is 0.300 e. The van der Waals surface area contributed by atoms with Crippen molar-refractivity contribution in [2.75, 3.05) is 0 Å². The average molecular weight is 274 g/mol. The summed E-state index contributed by atoms with van der Waals surface area (Å²) in [4.78, 5) is 16.1. The van der Waals surface area contributed by atoms with Gasteiger partial charge in [-0.15, -0.1) is 5.11 Å². The monoisotopic (exact) mass is 273 g/mol. The highest BCUT2D eigenvalue weighted by Crippen LogP contribution is 2.18. The summed E-state index contributed by atoms with van der Waals surface area (Å²) < 4.78 is 1.30. The Labute approximate surface area is 112 Å². The molecular weight excluding hydrogens is 266 g/mol. The minimum absolute atomic E-state index is 0.162. The maximum atomic E-state index is 12.0. The van der Waals surface area contributed by atoms with Crippen molar-refractivity contribution in [2.45, 2.75) is 0 Å². The average Bonchev–Trinajstić information content (AvgIpc) is 2.89. The van der Waals surface area contributed by atoms with Crippen LogP contribution in [0.5, 0.6) is 0 Å². The van der Waals surface area contributed by atoms with Crippen LogP contribution in [0.25, 0.3) is 5.65 Å². The molecule has 19 heavy (non-hydrogen) atoms. The molecule has 0 saturated carbocycles. The number of azo groups is 1. The second-order valence-corrected chi connectivity index (χ2v) is 4.22. The number of hydrogen-bond acceptors (Lipinski definition) is 4. The van der Waals surface area contributed by atoms with Crippen molar-refractivity contribution in [3.63, 3.8) is 0 Å². The second kappa shape index (κ2) is 4.66. The van der Waals surface area contributed by atoms with Crippen molar-refractivity contribution in [3.05, 3.63) is 58.1 Å². The standard InChI is InChI=1S/C12H8ClN5O/c13-8-1-3-9(4-2-8)16-17-10-7-14-11-5-6-15-18(11)12(10)19/h1-7,15H. The number of nitrogens with zero attached hydrogens (tertiary/aromatic N) is 4. The number of benzene rings is 1. The lowest BCUT2D eigenvalue weighted by Gasteiger charge is -1.95. The van der Waals surface area contributed by atoms with Gasteiger partial charge in [0.15, 0.2) is 11.3 Å². The fourth-order valence-corrected chi connectivity index (χ4v) is 1.70. The molecule has 0 atom stereocenters. The summed E-state index contributed by atoms with van der Waals surface area (Å²) >= 11 is 5.77. The van der Waals surface area contributed by atoms with Gasteiger partial charge < -0.3 is 0 Å². The van der Waals surface area contributed by atoms with Crippen LogP contribution in [0.3, 0.4) is 0 Å². The molecule has 0 amide bonds. The minimum Gasteiger partial charge on any atom is -0.297 e. The second-order valence-electron chi connectivity index (χ2n) is 3.78. The Morgan fingerprint density at radius 2 is 1.95 bits per heavy atom. The Bertz CT molecular complexity index is 803. The predicted molar refractivity (Wildman–Crippen MR) is 71.4 cm³/mol. The first-order valence-corrected chi connectivity index (χ1v) is 5.84. The number of nitrogens with one attached hydrogen (secondary N) is 1. The first-order chi connectivity index (χ1) is 9.24. The third kappa shape index (κ3) is 2.25. The van der Waals surface area contributed by atoms with Crippen LogP contribution in [0.4, 0.5) is 11.4 Å². The lowest BCUT2D eigenvalue weighted by molar-refractivity contribution is 0.894. The lowest BCUT2D eigenvalue weighted by atomic mass is 10.3. The summed E-state index contributed by atoms with van der Waals surface area (Å²) in [5.74, 6) is 0. The van der Waals surface area contributed by atoms with Crippen molar-refractivity contribution in [1.82, 2.24) is 14.6 Å². The normalized spacial score (nSPS) is 11.4. The highest BCUT2D eigenvalue weighted by molar-refractivity contribution is 6.30. The fraction of sp³-hybridized carbons (Fsp3) is 0. The third-order valence-electron chi connectivity index (χ3n) is 2.51. The number of fused-ring (bicyclic) bond motifs is 1. The van der Waals surface area contributed by atoms with E-state index in [9.17, 15) is 4.79 Å². The Balaban J connectivity index is 1.99. The topological polar surface area (TPSA) is 74.9 Å². The molecule has 0 aliphatic carbocycles. The number of halogens is 1. The zero-order valence-corrected chi connectivity index (χ0v) is 10.4. The van der Waals surface area contributed by atoms with Crippen LogP contribution in [0.1, 0.15) is 0 Å². The summed E-state index contributed by atoms with van der Waals surface area (Å²) in [6.07, 6.45) is 3.02. The van der Waals surface area contributed by atoms with Crippen LogP contribution in [0, 0.1) is 0 Å². The Morgan fingerprint density at radius 3 is 2.74 bits per heavy atom. The fourth-order valence-electron chi connectivity index (χ4n) is 1.58. The zero-order valence-electron chi connectivity index (χ0n) is 9.62. The van der Waals surface area contributed by atoms with E-state index in [1.807, 2.05) is 0 Å². The van der Waals surface area contributed by atoms with E-state index in [0.717, 1.165) is 0 Å². The largest absolute Gasteiger partial charge is 0.300 e. The molecule has 0 aliphatic heterocycles. The predicted octanol–water partition coefficient (Wildman–Crippen LogP) is 3.09. The number of H-pyrrole nitrogens is 1. The molecular formula is C12H8ClN5O. The first-order valence-electron chi connectivity index (χ1n) is 5.46. The van der Waals surface area contributed by atoms with Crippen LogP contribution >= 0.6 is 11.6 Å². The number of rotatable bonds is 2. The SMILES string of the molecule is O=c1c(N=Nc2ccc(Cl)cc2)cnc2cc[nH]n12. The smallest absolute Gasteiger partial charge is 0.297 e. The van der Waals surface area contributed by atoms with Crippen LogP contribution < -0.4 is 5.56 Å². The molecule has 0 unspecified atom stereocenters. The molecule has 0 radical (unpaired) electrons. The molecule has 0 spiro atoms. The molecule has 0 saturated heterocycles. The van der Waals surface area contributed by atoms with Crippen molar-refractivity contribution in [3.8, 4) is 0 Å². The van der Waals surface area contributed by atoms with Gasteiger partial charge >= 0.3 is 0 Å². The van der Waals surface area contributed by atoms with Crippen LogP contribution in [0.15, 0.2) is 57.7 Å². The first kappa shape index (κ1) is 11.6. The Hall–Kier alpha value is -2.47. The van der Waals surface area contributed by atoms with Gasteiger partial charge in [0.05, 0.1) is 11.9 Å². The molecule has 1 aromatic carbocycles. The van der Waals surface area contributed by atoms with Gasteiger partial charge in [0.2, 0.25) is 0 Å². The molecule has 0 bridgehead atoms.